The maximum Gasteiger partial charge on any atom is 0.337 e. The standard InChI is InChI=1S/C27H39N3O5S/c1-6-8-13-17-30(18-14-9-7-2)24-19-22(27(31)34-5)20-25(36(32,33)28-21-29(3)4)26(24)35-23-15-11-10-12-16-23/h10-12,15-16,19-21H,6-9,13-14,17-18H2,1-5H3. The van der Waals surface area contributed by atoms with Gasteiger partial charge in [0.15, 0.2) is 5.75 Å². The molecule has 0 heterocycles. The van der Waals surface area contributed by atoms with E-state index in [9.17, 15) is 13.2 Å². The zero-order chi connectivity index (χ0) is 26.6. The largest absolute Gasteiger partial charge is 0.465 e. The summed E-state index contributed by atoms with van der Waals surface area (Å²) in [5, 5.41) is 0. The highest BCUT2D eigenvalue weighted by Gasteiger charge is 2.28. The number of para-hydroxylation sites is 1. The molecule has 2 aromatic carbocycles. The average Bonchev–Trinajstić information content (AvgIpc) is 2.87. The van der Waals surface area contributed by atoms with E-state index in [0.717, 1.165) is 38.5 Å². The summed E-state index contributed by atoms with van der Waals surface area (Å²) in [5.74, 6) is 0.00930. The number of hydrogen-bond donors (Lipinski definition) is 0. The van der Waals surface area contributed by atoms with Gasteiger partial charge >= 0.3 is 5.97 Å². The molecule has 198 valence electrons. The monoisotopic (exact) mass is 517 g/mol. The fraction of sp³-hybridized carbons (Fsp3) is 0.481. The Labute approximate surface area is 216 Å². The van der Waals surface area contributed by atoms with Crippen LogP contribution in [-0.4, -0.2) is 59.9 Å². The number of benzene rings is 2. The SMILES string of the molecule is CCCCCN(CCCCC)c1cc(C(=O)OC)cc(S(=O)(=O)N=CN(C)C)c1Oc1ccccc1. The number of hydrogen-bond acceptors (Lipinski definition) is 6. The van der Waals surface area contributed by atoms with Crippen LogP contribution in [0.2, 0.25) is 0 Å². The van der Waals surface area contributed by atoms with Crippen molar-refractivity contribution >= 4 is 28.0 Å². The van der Waals surface area contributed by atoms with E-state index in [2.05, 4.69) is 23.1 Å². The maximum atomic E-state index is 13.4. The number of carbonyl (C=O) groups is 1. The number of ether oxygens (including phenoxy) is 2. The van der Waals surface area contributed by atoms with Crippen LogP contribution in [0, 0.1) is 0 Å². The average molecular weight is 518 g/mol. The molecule has 0 aliphatic carbocycles. The molecule has 2 aromatic rings. The van der Waals surface area contributed by atoms with Gasteiger partial charge in [0.2, 0.25) is 0 Å². The van der Waals surface area contributed by atoms with E-state index in [1.807, 2.05) is 18.2 Å². The highest BCUT2D eigenvalue weighted by molar-refractivity contribution is 7.90. The molecule has 0 amide bonds. The predicted octanol–water partition coefficient (Wildman–Crippen LogP) is 5.73. The predicted molar refractivity (Wildman–Crippen MR) is 145 cm³/mol. The third-order valence-corrected chi connectivity index (χ3v) is 6.75. The van der Waals surface area contributed by atoms with Gasteiger partial charge in [0.05, 0.1) is 18.4 Å². The van der Waals surface area contributed by atoms with Gasteiger partial charge in [-0.3, -0.25) is 0 Å². The smallest absolute Gasteiger partial charge is 0.337 e. The van der Waals surface area contributed by atoms with Crippen LogP contribution in [0.4, 0.5) is 5.69 Å². The Kier molecular flexibility index (Phi) is 11.7. The minimum Gasteiger partial charge on any atom is -0.465 e. The molecule has 9 heteroatoms. The topological polar surface area (TPSA) is 88.5 Å². The second-order valence-corrected chi connectivity index (χ2v) is 10.4. The molecule has 36 heavy (non-hydrogen) atoms. The van der Waals surface area contributed by atoms with Crippen molar-refractivity contribution in [3.05, 3.63) is 48.0 Å². The van der Waals surface area contributed by atoms with E-state index in [1.165, 1.54) is 24.4 Å². The molecule has 0 radical (unpaired) electrons. The van der Waals surface area contributed by atoms with Gasteiger partial charge < -0.3 is 19.3 Å². The number of nitrogens with zero attached hydrogens (tertiary/aromatic N) is 3. The van der Waals surface area contributed by atoms with Crippen LogP contribution in [0.25, 0.3) is 0 Å². The van der Waals surface area contributed by atoms with Crippen LogP contribution < -0.4 is 9.64 Å². The Hall–Kier alpha value is -3.07. The molecule has 0 aromatic heterocycles. The molecule has 0 N–H and O–H groups in total. The lowest BCUT2D eigenvalue weighted by atomic mass is 10.1. The fourth-order valence-corrected chi connectivity index (χ4v) is 4.71. The number of unbranched alkanes of at least 4 members (excludes halogenated alkanes) is 4. The van der Waals surface area contributed by atoms with Crippen molar-refractivity contribution in [2.24, 2.45) is 4.40 Å². The van der Waals surface area contributed by atoms with Crippen molar-refractivity contribution in [3.8, 4) is 11.5 Å². The van der Waals surface area contributed by atoms with Crippen molar-refractivity contribution in [2.75, 3.05) is 39.2 Å². The number of carbonyl (C=O) groups excluding carboxylic acids is 1. The van der Waals surface area contributed by atoms with Crippen LogP contribution in [0.3, 0.4) is 0 Å². The van der Waals surface area contributed by atoms with Gasteiger partial charge in [-0.15, -0.1) is 4.40 Å². The lowest BCUT2D eigenvalue weighted by Gasteiger charge is -2.28. The second kappa shape index (κ2) is 14.5. The number of anilines is 1. The minimum absolute atomic E-state index is 0.127. The third kappa shape index (κ3) is 8.55. The first kappa shape index (κ1) is 29.2. The van der Waals surface area contributed by atoms with Crippen molar-refractivity contribution in [1.29, 1.82) is 0 Å². The lowest BCUT2D eigenvalue weighted by Crippen LogP contribution is -2.27. The molecule has 2 rings (SSSR count). The van der Waals surface area contributed by atoms with Gasteiger partial charge in [-0.2, -0.15) is 8.42 Å². The minimum atomic E-state index is -4.21. The van der Waals surface area contributed by atoms with E-state index < -0.39 is 16.0 Å². The van der Waals surface area contributed by atoms with Crippen LogP contribution in [-0.2, 0) is 14.8 Å². The normalized spacial score (nSPS) is 11.5. The molecule has 0 unspecified atom stereocenters. The van der Waals surface area contributed by atoms with E-state index in [-0.39, 0.29) is 16.2 Å². The molecule has 0 aliphatic heterocycles. The van der Waals surface area contributed by atoms with Crippen molar-refractivity contribution in [3.63, 3.8) is 0 Å². The lowest BCUT2D eigenvalue weighted by molar-refractivity contribution is 0.0600. The highest BCUT2D eigenvalue weighted by atomic mass is 32.2. The van der Waals surface area contributed by atoms with E-state index in [1.54, 1.807) is 32.3 Å². The number of esters is 1. The Morgan fingerprint density at radius 2 is 1.58 bits per heavy atom. The van der Waals surface area contributed by atoms with Crippen LogP contribution in [0.15, 0.2) is 51.8 Å². The summed E-state index contributed by atoms with van der Waals surface area (Å²) in [6.07, 6.45) is 7.25. The van der Waals surface area contributed by atoms with Gasteiger partial charge in [-0.1, -0.05) is 57.7 Å². The first-order valence-corrected chi connectivity index (χ1v) is 13.9. The Balaban J connectivity index is 2.79. The highest BCUT2D eigenvalue weighted by Crippen LogP contribution is 2.41. The van der Waals surface area contributed by atoms with Crippen LogP contribution in [0.5, 0.6) is 11.5 Å². The van der Waals surface area contributed by atoms with Gasteiger partial charge in [0.1, 0.15) is 17.0 Å². The molecule has 0 saturated heterocycles. The van der Waals surface area contributed by atoms with Crippen LogP contribution >= 0.6 is 0 Å². The summed E-state index contributed by atoms with van der Waals surface area (Å²) in [6, 6.07) is 12.0. The zero-order valence-electron chi connectivity index (χ0n) is 22.1. The summed E-state index contributed by atoms with van der Waals surface area (Å²) in [5.41, 5.74) is 0.662. The molecule has 0 saturated carbocycles. The molecule has 0 atom stereocenters. The summed E-state index contributed by atoms with van der Waals surface area (Å²) >= 11 is 0. The summed E-state index contributed by atoms with van der Waals surface area (Å²) in [6.45, 7) is 5.68. The molecule has 0 bridgehead atoms. The summed E-state index contributed by atoms with van der Waals surface area (Å²) < 4.78 is 41.9. The number of methoxy groups -OCH3 is 1. The molecule has 0 spiro atoms. The Morgan fingerprint density at radius 1 is 0.972 bits per heavy atom. The van der Waals surface area contributed by atoms with E-state index >= 15 is 0 Å². The quantitative estimate of drug-likeness (QED) is 0.129. The van der Waals surface area contributed by atoms with E-state index in [0.29, 0.717) is 24.5 Å². The molecule has 0 fully saturated rings. The zero-order valence-corrected chi connectivity index (χ0v) is 22.9. The molecular weight excluding hydrogens is 478 g/mol. The summed E-state index contributed by atoms with van der Waals surface area (Å²) in [4.78, 5) is 16.1. The molecule has 0 aliphatic rings. The van der Waals surface area contributed by atoms with Crippen LogP contribution in [0.1, 0.15) is 62.7 Å². The van der Waals surface area contributed by atoms with Crippen molar-refractivity contribution in [1.82, 2.24) is 4.90 Å². The fourth-order valence-electron chi connectivity index (χ4n) is 3.63. The van der Waals surface area contributed by atoms with E-state index in [4.69, 9.17) is 9.47 Å². The van der Waals surface area contributed by atoms with Gasteiger partial charge in [0, 0.05) is 27.2 Å². The number of sulfonamides is 1. The molecule has 8 nitrogen and oxygen atoms in total. The molecular formula is C27H39N3O5S. The summed E-state index contributed by atoms with van der Waals surface area (Å²) in [7, 11) is 0.425. The van der Waals surface area contributed by atoms with Gasteiger partial charge in [0.25, 0.3) is 10.0 Å². The first-order chi connectivity index (χ1) is 17.2. The number of rotatable bonds is 15. The first-order valence-electron chi connectivity index (χ1n) is 12.4. The van der Waals surface area contributed by atoms with Gasteiger partial charge in [-0.05, 0) is 37.1 Å². The van der Waals surface area contributed by atoms with Crippen molar-refractivity contribution in [2.45, 2.75) is 57.3 Å². The van der Waals surface area contributed by atoms with Crippen molar-refractivity contribution < 1.29 is 22.7 Å². The third-order valence-electron chi connectivity index (χ3n) is 5.52. The Bertz CT molecular complexity index is 1090. The Morgan fingerprint density at radius 3 is 2.11 bits per heavy atom. The second-order valence-electron chi connectivity index (χ2n) is 8.79. The maximum absolute atomic E-state index is 13.4. The van der Waals surface area contributed by atoms with Gasteiger partial charge in [-0.25, -0.2) is 4.79 Å².